The summed E-state index contributed by atoms with van der Waals surface area (Å²) in [6.07, 6.45) is 1.39. The van der Waals surface area contributed by atoms with Gasteiger partial charge in [0, 0.05) is 5.56 Å². The number of carbonyl (C=O) groups excluding carboxylic acids is 3. The van der Waals surface area contributed by atoms with Gasteiger partial charge >= 0.3 is 6.03 Å². The highest BCUT2D eigenvalue weighted by atomic mass is 19.1. The Bertz CT molecular complexity index is 1550. The van der Waals surface area contributed by atoms with Crippen LogP contribution in [0.3, 0.4) is 0 Å². The summed E-state index contributed by atoms with van der Waals surface area (Å²) in [4.78, 5) is 39.4. The third kappa shape index (κ3) is 4.39. The number of rotatable bonds is 5. The molecule has 4 aromatic rings. The summed E-state index contributed by atoms with van der Waals surface area (Å²) in [5, 5.41) is 13.3. The van der Waals surface area contributed by atoms with Crippen molar-refractivity contribution in [1.82, 2.24) is 5.32 Å². The molecule has 0 saturated carbocycles. The first-order valence-corrected chi connectivity index (χ1v) is 11.0. The molecule has 0 unspecified atom stereocenters. The van der Waals surface area contributed by atoms with E-state index >= 15 is 0 Å². The summed E-state index contributed by atoms with van der Waals surface area (Å²) in [6.45, 7) is 0.0601. The van der Waals surface area contributed by atoms with Crippen molar-refractivity contribution in [3.8, 4) is 11.5 Å². The number of phenolic OH excluding ortho intramolecular Hbond substituents is 1. The smallest absolute Gasteiger partial charge is 0.335 e. The molecule has 0 aliphatic carbocycles. The number of halogens is 1. The fourth-order valence-corrected chi connectivity index (χ4v) is 3.98. The van der Waals surface area contributed by atoms with Crippen LogP contribution in [-0.4, -0.2) is 23.0 Å². The summed E-state index contributed by atoms with van der Waals surface area (Å²) in [6, 6.07) is 21.5. The largest absolute Gasteiger partial charge is 0.508 e. The van der Waals surface area contributed by atoms with E-state index in [9.17, 15) is 23.9 Å². The maximum atomic E-state index is 13.6. The van der Waals surface area contributed by atoms with E-state index in [1.54, 1.807) is 18.2 Å². The lowest BCUT2D eigenvalue weighted by Crippen LogP contribution is -2.54. The molecule has 0 bridgehead atoms. The predicted octanol–water partition coefficient (Wildman–Crippen LogP) is 4.93. The van der Waals surface area contributed by atoms with Gasteiger partial charge < -0.3 is 9.84 Å². The number of fused-ring (bicyclic) bond motifs is 1. The topological polar surface area (TPSA) is 95.9 Å². The number of ether oxygens (including phenoxy) is 1. The molecule has 0 aromatic heterocycles. The first-order chi connectivity index (χ1) is 17.4. The van der Waals surface area contributed by atoms with Gasteiger partial charge in [0.15, 0.2) is 0 Å². The van der Waals surface area contributed by atoms with Crippen LogP contribution in [0.15, 0.2) is 90.5 Å². The number of barbiturate groups is 1. The van der Waals surface area contributed by atoms with Crippen LogP contribution in [0.25, 0.3) is 16.8 Å². The van der Waals surface area contributed by atoms with Crippen LogP contribution in [0.2, 0.25) is 0 Å². The Morgan fingerprint density at radius 1 is 0.917 bits per heavy atom. The summed E-state index contributed by atoms with van der Waals surface area (Å²) in [5.41, 5.74) is 0.990. The quantitative estimate of drug-likeness (QED) is 0.311. The molecule has 1 aliphatic heterocycles. The Morgan fingerprint density at radius 2 is 1.69 bits per heavy atom. The number of imide groups is 2. The number of amides is 4. The van der Waals surface area contributed by atoms with E-state index in [2.05, 4.69) is 5.32 Å². The highest BCUT2D eigenvalue weighted by molar-refractivity contribution is 6.39. The molecule has 8 heteroatoms. The average molecular weight is 482 g/mol. The van der Waals surface area contributed by atoms with E-state index in [0.717, 1.165) is 15.7 Å². The summed E-state index contributed by atoms with van der Waals surface area (Å²) in [5.74, 6) is -1.71. The van der Waals surface area contributed by atoms with Crippen molar-refractivity contribution in [1.29, 1.82) is 0 Å². The average Bonchev–Trinajstić information content (AvgIpc) is 2.86. The number of carbonyl (C=O) groups is 3. The molecule has 7 nitrogen and oxygen atoms in total. The molecule has 0 spiro atoms. The van der Waals surface area contributed by atoms with Crippen LogP contribution in [0, 0.1) is 5.82 Å². The minimum absolute atomic E-state index is 0.0358. The van der Waals surface area contributed by atoms with E-state index in [-0.39, 0.29) is 29.4 Å². The van der Waals surface area contributed by atoms with Crippen molar-refractivity contribution in [3.63, 3.8) is 0 Å². The van der Waals surface area contributed by atoms with Gasteiger partial charge in [0.25, 0.3) is 11.8 Å². The van der Waals surface area contributed by atoms with Gasteiger partial charge in [-0.15, -0.1) is 0 Å². The van der Waals surface area contributed by atoms with Crippen LogP contribution in [0.5, 0.6) is 11.5 Å². The normalized spacial score (nSPS) is 14.9. The van der Waals surface area contributed by atoms with Gasteiger partial charge in [0.1, 0.15) is 29.5 Å². The lowest BCUT2D eigenvalue weighted by molar-refractivity contribution is -0.122. The number of benzene rings is 4. The molecule has 4 amide bonds. The molecule has 0 radical (unpaired) electrons. The molecule has 36 heavy (non-hydrogen) atoms. The SMILES string of the molecule is O=C1NC(=O)N(c2ccc(O)cc2)C(=O)/C1=C\c1c(OCc2cccc(F)c2)ccc2ccccc12. The number of urea groups is 1. The van der Waals surface area contributed by atoms with Crippen LogP contribution in [-0.2, 0) is 16.2 Å². The first kappa shape index (κ1) is 22.8. The van der Waals surface area contributed by atoms with Gasteiger partial charge in [-0.25, -0.2) is 14.1 Å². The second kappa shape index (κ2) is 9.34. The van der Waals surface area contributed by atoms with Gasteiger partial charge in [-0.05, 0) is 64.9 Å². The Kier molecular flexibility index (Phi) is 5.92. The van der Waals surface area contributed by atoms with Crippen LogP contribution < -0.4 is 15.0 Å². The second-order valence-electron chi connectivity index (χ2n) is 8.09. The summed E-state index contributed by atoms with van der Waals surface area (Å²) >= 11 is 0. The van der Waals surface area contributed by atoms with Gasteiger partial charge in [-0.3, -0.25) is 14.9 Å². The number of aromatic hydroxyl groups is 1. The molecule has 1 aliphatic rings. The third-order valence-corrected chi connectivity index (χ3v) is 5.71. The third-order valence-electron chi connectivity index (χ3n) is 5.71. The van der Waals surface area contributed by atoms with Gasteiger partial charge in [-0.1, -0.05) is 42.5 Å². The summed E-state index contributed by atoms with van der Waals surface area (Å²) < 4.78 is 19.6. The van der Waals surface area contributed by atoms with Gasteiger partial charge in [0.05, 0.1) is 5.69 Å². The second-order valence-corrected chi connectivity index (χ2v) is 8.09. The predicted molar refractivity (Wildman–Crippen MR) is 132 cm³/mol. The van der Waals surface area contributed by atoms with E-state index in [4.69, 9.17) is 4.74 Å². The number of hydrogen-bond acceptors (Lipinski definition) is 5. The maximum Gasteiger partial charge on any atom is 0.335 e. The van der Waals surface area contributed by atoms with E-state index in [1.165, 1.54) is 42.5 Å². The lowest BCUT2D eigenvalue weighted by Gasteiger charge is -2.26. The van der Waals surface area contributed by atoms with Crippen LogP contribution >= 0.6 is 0 Å². The van der Waals surface area contributed by atoms with E-state index in [1.807, 2.05) is 30.3 Å². The van der Waals surface area contributed by atoms with Crippen molar-refractivity contribution < 1.29 is 28.6 Å². The number of nitrogens with zero attached hydrogens (tertiary/aromatic N) is 1. The molecule has 1 saturated heterocycles. The lowest BCUT2D eigenvalue weighted by atomic mass is 9.99. The van der Waals surface area contributed by atoms with Crippen molar-refractivity contribution in [2.45, 2.75) is 6.61 Å². The Morgan fingerprint density at radius 3 is 2.47 bits per heavy atom. The summed E-state index contributed by atoms with van der Waals surface area (Å²) in [7, 11) is 0. The van der Waals surface area contributed by atoms with Crippen molar-refractivity contribution in [3.05, 3.63) is 107 Å². The van der Waals surface area contributed by atoms with E-state index < -0.39 is 17.8 Å². The fourth-order valence-electron chi connectivity index (χ4n) is 3.98. The number of anilines is 1. The van der Waals surface area contributed by atoms with Gasteiger partial charge in [0.2, 0.25) is 0 Å². The van der Waals surface area contributed by atoms with E-state index in [0.29, 0.717) is 16.9 Å². The highest BCUT2D eigenvalue weighted by Gasteiger charge is 2.37. The zero-order valence-corrected chi connectivity index (χ0v) is 18.8. The minimum atomic E-state index is -0.895. The number of hydrogen-bond donors (Lipinski definition) is 2. The molecule has 1 fully saturated rings. The Balaban J connectivity index is 1.58. The van der Waals surface area contributed by atoms with Crippen molar-refractivity contribution >= 4 is 40.4 Å². The van der Waals surface area contributed by atoms with Crippen LogP contribution in [0.1, 0.15) is 11.1 Å². The molecule has 178 valence electrons. The monoisotopic (exact) mass is 482 g/mol. The number of phenols is 1. The Hall–Kier alpha value is -4.98. The molecule has 5 rings (SSSR count). The zero-order valence-electron chi connectivity index (χ0n) is 18.8. The molecule has 0 atom stereocenters. The number of nitrogens with one attached hydrogen (secondary N) is 1. The highest BCUT2D eigenvalue weighted by Crippen LogP contribution is 2.32. The molecular formula is C28H19FN2O5. The van der Waals surface area contributed by atoms with Crippen LogP contribution in [0.4, 0.5) is 14.9 Å². The molecule has 4 aromatic carbocycles. The Labute approximate surface area is 205 Å². The fraction of sp³-hybridized carbons (Fsp3) is 0.0357. The standard InChI is InChI=1S/C28H19FN2O5/c29-19-6-3-4-17(14-19)16-36-25-13-8-18-5-1-2-7-22(18)23(25)15-24-26(33)30-28(35)31(27(24)34)20-9-11-21(32)12-10-20/h1-15,32H,16H2,(H,30,33,35)/b24-15-. The molecule has 2 N–H and O–H groups in total. The maximum absolute atomic E-state index is 13.6. The zero-order chi connectivity index (χ0) is 25.2. The first-order valence-electron chi connectivity index (χ1n) is 11.0. The van der Waals surface area contributed by atoms with Gasteiger partial charge in [-0.2, -0.15) is 0 Å². The minimum Gasteiger partial charge on any atom is -0.508 e. The van der Waals surface area contributed by atoms with Crippen molar-refractivity contribution in [2.24, 2.45) is 0 Å². The molecule has 1 heterocycles. The molecular weight excluding hydrogens is 463 g/mol. The van der Waals surface area contributed by atoms with Crippen molar-refractivity contribution in [2.75, 3.05) is 4.90 Å².